The minimum absolute atomic E-state index is 0.182. The Kier molecular flexibility index (Phi) is 5.88. The van der Waals surface area contributed by atoms with Crippen LogP contribution in [0, 0.1) is 0 Å². The second kappa shape index (κ2) is 7.89. The van der Waals surface area contributed by atoms with Gasteiger partial charge in [-0.25, -0.2) is 0 Å². The third-order valence-corrected chi connectivity index (χ3v) is 3.63. The average Bonchev–Trinajstić information content (AvgIpc) is 3.00. The highest BCUT2D eigenvalue weighted by molar-refractivity contribution is 5.34. The van der Waals surface area contributed by atoms with Crippen LogP contribution in [0.5, 0.6) is 5.75 Å². The van der Waals surface area contributed by atoms with Crippen LogP contribution in [-0.4, -0.2) is 13.7 Å². The zero-order valence-electron chi connectivity index (χ0n) is 13.2. The van der Waals surface area contributed by atoms with E-state index in [0.29, 0.717) is 0 Å². The maximum Gasteiger partial charge on any atom is 0.122 e. The highest BCUT2D eigenvalue weighted by atomic mass is 16.5. The van der Waals surface area contributed by atoms with Crippen LogP contribution in [0.1, 0.15) is 43.4 Å². The number of rotatable bonds is 8. The minimum Gasteiger partial charge on any atom is -0.496 e. The Labute approximate surface area is 127 Å². The molecule has 0 saturated carbocycles. The van der Waals surface area contributed by atoms with E-state index in [-0.39, 0.29) is 6.04 Å². The largest absolute Gasteiger partial charge is 0.496 e. The number of methoxy groups -OCH3 is 1. The molecule has 1 aromatic carbocycles. The summed E-state index contributed by atoms with van der Waals surface area (Å²) in [4.78, 5) is 0. The summed E-state index contributed by atoms with van der Waals surface area (Å²) in [6, 6.07) is 12.5. The molecule has 0 bridgehead atoms. The Balaban J connectivity index is 2.19. The molecule has 1 N–H and O–H groups in total. The van der Waals surface area contributed by atoms with Gasteiger partial charge in [-0.2, -0.15) is 0 Å². The van der Waals surface area contributed by atoms with E-state index >= 15 is 0 Å². The van der Waals surface area contributed by atoms with Gasteiger partial charge < -0.3 is 14.5 Å². The van der Waals surface area contributed by atoms with Crippen LogP contribution < -0.4 is 10.1 Å². The van der Waals surface area contributed by atoms with E-state index < -0.39 is 0 Å². The molecule has 3 nitrogen and oxygen atoms in total. The van der Waals surface area contributed by atoms with Gasteiger partial charge in [0.25, 0.3) is 0 Å². The number of nitrogens with one attached hydrogen (secondary N) is 1. The molecule has 0 saturated heterocycles. The van der Waals surface area contributed by atoms with E-state index in [4.69, 9.17) is 9.15 Å². The molecule has 0 aliphatic carbocycles. The maximum absolute atomic E-state index is 5.93. The number of hydrogen-bond donors (Lipinski definition) is 1. The van der Waals surface area contributed by atoms with Gasteiger partial charge in [-0.05, 0) is 43.1 Å². The summed E-state index contributed by atoms with van der Waals surface area (Å²) in [6.45, 7) is 5.26. The van der Waals surface area contributed by atoms with Crippen LogP contribution in [0.3, 0.4) is 0 Å². The van der Waals surface area contributed by atoms with Crippen LogP contribution in [0.15, 0.2) is 40.8 Å². The highest BCUT2D eigenvalue weighted by Crippen LogP contribution is 2.26. The van der Waals surface area contributed by atoms with E-state index in [1.54, 1.807) is 7.11 Å². The van der Waals surface area contributed by atoms with E-state index in [1.807, 2.05) is 18.2 Å². The predicted molar refractivity (Wildman–Crippen MR) is 85.8 cm³/mol. The first kappa shape index (κ1) is 15.6. The number of benzene rings is 1. The number of ether oxygens (including phenoxy) is 1. The third-order valence-electron chi connectivity index (χ3n) is 3.63. The van der Waals surface area contributed by atoms with Gasteiger partial charge in [-0.3, -0.25) is 0 Å². The molecule has 0 aliphatic heterocycles. The van der Waals surface area contributed by atoms with E-state index in [1.165, 1.54) is 5.56 Å². The summed E-state index contributed by atoms with van der Waals surface area (Å²) in [6.07, 6.45) is 2.89. The van der Waals surface area contributed by atoms with Crippen LogP contribution in [-0.2, 0) is 12.8 Å². The second-order valence-electron chi connectivity index (χ2n) is 5.18. The van der Waals surface area contributed by atoms with Gasteiger partial charge in [0.15, 0.2) is 0 Å². The summed E-state index contributed by atoms with van der Waals surface area (Å²) in [5.41, 5.74) is 1.20. The monoisotopic (exact) mass is 287 g/mol. The van der Waals surface area contributed by atoms with Crippen molar-refractivity contribution in [1.82, 2.24) is 5.32 Å². The molecule has 0 aliphatic rings. The first-order valence-corrected chi connectivity index (χ1v) is 7.72. The molecule has 21 heavy (non-hydrogen) atoms. The lowest BCUT2D eigenvalue weighted by atomic mass is 10.0. The molecule has 0 spiro atoms. The van der Waals surface area contributed by atoms with E-state index in [2.05, 4.69) is 37.4 Å². The van der Waals surface area contributed by atoms with Crippen molar-refractivity contribution in [1.29, 1.82) is 0 Å². The standard InChI is InChI=1S/C18H25NO2/c1-4-12-19-16(18-11-10-15(5-2)21-18)13-14-8-6-7-9-17(14)20-3/h6-11,16,19H,4-5,12-13H2,1-3H3. The second-order valence-corrected chi connectivity index (χ2v) is 5.18. The fourth-order valence-electron chi connectivity index (χ4n) is 2.46. The van der Waals surface area contributed by atoms with Crippen molar-refractivity contribution >= 4 is 0 Å². The predicted octanol–water partition coefficient (Wildman–Crippen LogP) is 4.13. The molecule has 2 rings (SSSR count). The van der Waals surface area contributed by atoms with Crippen LogP contribution >= 0.6 is 0 Å². The number of para-hydroxylation sites is 1. The maximum atomic E-state index is 5.93. The van der Waals surface area contributed by atoms with Gasteiger partial charge >= 0.3 is 0 Å². The molecule has 1 aromatic heterocycles. The van der Waals surface area contributed by atoms with Crippen molar-refractivity contribution in [2.24, 2.45) is 0 Å². The normalized spacial score (nSPS) is 12.3. The third kappa shape index (κ3) is 4.11. The first-order chi connectivity index (χ1) is 10.3. The Morgan fingerprint density at radius 1 is 1.14 bits per heavy atom. The molecule has 0 fully saturated rings. The molecular weight excluding hydrogens is 262 g/mol. The highest BCUT2D eigenvalue weighted by Gasteiger charge is 2.17. The molecule has 114 valence electrons. The average molecular weight is 287 g/mol. The zero-order valence-corrected chi connectivity index (χ0v) is 13.2. The summed E-state index contributed by atoms with van der Waals surface area (Å²) >= 11 is 0. The van der Waals surface area contributed by atoms with Gasteiger partial charge in [-0.1, -0.05) is 32.0 Å². The Hall–Kier alpha value is -1.74. The summed E-state index contributed by atoms with van der Waals surface area (Å²) in [7, 11) is 1.72. The topological polar surface area (TPSA) is 34.4 Å². The Bertz CT molecular complexity index is 548. The molecule has 1 unspecified atom stereocenters. The van der Waals surface area contributed by atoms with E-state index in [0.717, 1.165) is 43.1 Å². The van der Waals surface area contributed by atoms with Crippen molar-refractivity contribution in [3.63, 3.8) is 0 Å². The Morgan fingerprint density at radius 3 is 2.62 bits per heavy atom. The summed E-state index contributed by atoms with van der Waals surface area (Å²) in [5.74, 6) is 2.97. The molecular formula is C18H25NO2. The van der Waals surface area contributed by atoms with Crippen molar-refractivity contribution < 1.29 is 9.15 Å². The smallest absolute Gasteiger partial charge is 0.122 e. The molecule has 0 radical (unpaired) electrons. The lowest BCUT2D eigenvalue weighted by Crippen LogP contribution is -2.23. The quantitative estimate of drug-likeness (QED) is 0.792. The molecule has 2 aromatic rings. The number of furan rings is 1. The van der Waals surface area contributed by atoms with Crippen molar-refractivity contribution in [3.8, 4) is 5.75 Å². The molecule has 1 atom stereocenters. The Morgan fingerprint density at radius 2 is 1.95 bits per heavy atom. The van der Waals surface area contributed by atoms with Crippen molar-refractivity contribution in [2.75, 3.05) is 13.7 Å². The number of aryl methyl sites for hydroxylation is 1. The fourth-order valence-corrected chi connectivity index (χ4v) is 2.46. The van der Waals surface area contributed by atoms with Gasteiger partial charge in [0.05, 0.1) is 13.2 Å². The first-order valence-electron chi connectivity index (χ1n) is 7.72. The van der Waals surface area contributed by atoms with E-state index in [9.17, 15) is 0 Å². The van der Waals surface area contributed by atoms with Crippen LogP contribution in [0.25, 0.3) is 0 Å². The van der Waals surface area contributed by atoms with Crippen LogP contribution in [0.2, 0.25) is 0 Å². The summed E-state index contributed by atoms with van der Waals surface area (Å²) in [5, 5.41) is 3.57. The fraction of sp³-hybridized carbons (Fsp3) is 0.444. The van der Waals surface area contributed by atoms with Crippen LogP contribution in [0.4, 0.5) is 0 Å². The molecule has 3 heteroatoms. The van der Waals surface area contributed by atoms with Gasteiger partial charge in [0, 0.05) is 6.42 Å². The van der Waals surface area contributed by atoms with Gasteiger partial charge in [0.2, 0.25) is 0 Å². The zero-order chi connectivity index (χ0) is 15.1. The lowest BCUT2D eigenvalue weighted by molar-refractivity contribution is 0.380. The molecule has 1 heterocycles. The summed E-state index contributed by atoms with van der Waals surface area (Å²) < 4.78 is 11.4. The SMILES string of the molecule is CCCNC(Cc1ccccc1OC)c1ccc(CC)o1. The van der Waals surface area contributed by atoms with Gasteiger partial charge in [0.1, 0.15) is 17.3 Å². The minimum atomic E-state index is 0.182. The number of hydrogen-bond acceptors (Lipinski definition) is 3. The van der Waals surface area contributed by atoms with Crippen molar-refractivity contribution in [3.05, 3.63) is 53.5 Å². The van der Waals surface area contributed by atoms with Gasteiger partial charge in [-0.15, -0.1) is 0 Å². The lowest BCUT2D eigenvalue weighted by Gasteiger charge is -2.18. The van der Waals surface area contributed by atoms with Crippen molar-refractivity contribution in [2.45, 2.75) is 39.2 Å². The molecule has 0 amide bonds.